The van der Waals surface area contributed by atoms with Crippen LogP contribution in [0.3, 0.4) is 0 Å². The third kappa shape index (κ3) is 9.26. The van der Waals surface area contributed by atoms with Crippen LogP contribution in [0.5, 0.6) is 5.75 Å². The van der Waals surface area contributed by atoms with E-state index in [-0.39, 0.29) is 68.6 Å². The molecule has 5 aromatic rings. The van der Waals surface area contributed by atoms with Crippen LogP contribution < -0.4 is 15.4 Å². The van der Waals surface area contributed by atoms with E-state index >= 15 is 0 Å². The Morgan fingerprint density at radius 2 is 1.53 bits per heavy atom. The van der Waals surface area contributed by atoms with Crippen LogP contribution in [0.2, 0.25) is 0 Å². The second kappa shape index (κ2) is 18.0. The molecule has 58 heavy (non-hydrogen) atoms. The Morgan fingerprint density at radius 1 is 0.828 bits per heavy atom. The lowest BCUT2D eigenvalue weighted by Crippen LogP contribution is -2.72. The predicted molar refractivity (Wildman–Crippen MR) is 216 cm³/mol. The highest BCUT2D eigenvalue weighted by atomic mass is 16.6. The maximum atomic E-state index is 14.5. The van der Waals surface area contributed by atoms with Crippen LogP contribution in [0.1, 0.15) is 42.5 Å². The summed E-state index contributed by atoms with van der Waals surface area (Å²) in [5.74, 6) is -1.08. The second-order valence-corrected chi connectivity index (χ2v) is 14.8. The molecule has 0 saturated carbocycles. The van der Waals surface area contributed by atoms with Crippen molar-refractivity contribution >= 4 is 40.8 Å². The van der Waals surface area contributed by atoms with Gasteiger partial charge in [-0.25, -0.2) is 14.4 Å². The van der Waals surface area contributed by atoms with Crippen LogP contribution in [0.25, 0.3) is 10.9 Å². The van der Waals surface area contributed by atoms with Gasteiger partial charge in [-0.05, 0) is 46.4 Å². The lowest BCUT2D eigenvalue weighted by molar-refractivity contribution is -0.167. The fraction of sp³-hybridized carbons (Fsp3) is 0.289. The largest absolute Gasteiger partial charge is 0.459 e. The number of ether oxygens (including phenoxy) is 2. The summed E-state index contributed by atoms with van der Waals surface area (Å²) in [5, 5.41) is 6.56. The lowest BCUT2D eigenvalue weighted by Gasteiger charge is -2.52. The number of pyridine rings is 1. The van der Waals surface area contributed by atoms with E-state index in [4.69, 9.17) is 9.47 Å². The quantitative estimate of drug-likeness (QED) is 0.151. The van der Waals surface area contributed by atoms with Gasteiger partial charge in [0.15, 0.2) is 0 Å². The van der Waals surface area contributed by atoms with E-state index in [2.05, 4.69) is 15.6 Å². The zero-order valence-corrected chi connectivity index (χ0v) is 32.5. The number of hydrogen-bond acceptors (Lipinski definition) is 8. The summed E-state index contributed by atoms with van der Waals surface area (Å²) in [6.07, 6.45) is 0.415. The number of fused-ring (bicyclic) bond motifs is 2. The van der Waals surface area contributed by atoms with E-state index in [0.717, 1.165) is 27.6 Å². The van der Waals surface area contributed by atoms with Crippen molar-refractivity contribution in [3.63, 3.8) is 0 Å². The van der Waals surface area contributed by atoms with Gasteiger partial charge in [-0.3, -0.25) is 14.6 Å². The summed E-state index contributed by atoms with van der Waals surface area (Å²) in [6.45, 7) is 4.55. The molecule has 0 aliphatic carbocycles. The van der Waals surface area contributed by atoms with Crippen LogP contribution in [0.15, 0.2) is 121 Å². The van der Waals surface area contributed by atoms with E-state index in [9.17, 15) is 24.0 Å². The third-order valence-electron chi connectivity index (χ3n) is 10.5. The van der Waals surface area contributed by atoms with Crippen molar-refractivity contribution in [2.45, 2.75) is 64.6 Å². The Balaban J connectivity index is 1.07. The number of piperazine rings is 1. The maximum absolute atomic E-state index is 14.5. The van der Waals surface area contributed by atoms with Crippen molar-refractivity contribution in [2.75, 3.05) is 13.1 Å². The van der Waals surface area contributed by atoms with Crippen LogP contribution in [0, 0.1) is 5.92 Å². The van der Waals surface area contributed by atoms with Crippen LogP contribution in [-0.2, 0) is 45.2 Å². The molecular formula is C45H46N6O7. The average Bonchev–Trinajstić information content (AvgIpc) is 3.24. The average molecular weight is 783 g/mol. The minimum atomic E-state index is -0.935. The summed E-state index contributed by atoms with van der Waals surface area (Å²) in [7, 11) is 0. The molecule has 2 aliphatic heterocycles. The van der Waals surface area contributed by atoms with Gasteiger partial charge in [0.05, 0.1) is 12.1 Å². The number of carbonyl (C=O) groups is 5. The van der Waals surface area contributed by atoms with E-state index in [0.29, 0.717) is 12.1 Å². The van der Waals surface area contributed by atoms with E-state index < -0.39 is 30.3 Å². The van der Waals surface area contributed by atoms with Gasteiger partial charge in [-0.15, -0.1) is 0 Å². The van der Waals surface area contributed by atoms with Gasteiger partial charge < -0.3 is 34.8 Å². The summed E-state index contributed by atoms with van der Waals surface area (Å²) < 4.78 is 11.0. The van der Waals surface area contributed by atoms with Crippen LogP contribution in [0.4, 0.5) is 9.59 Å². The number of para-hydroxylation sites is 1. The normalized spacial score (nSPS) is 17.1. The molecule has 0 bridgehead atoms. The number of amides is 5. The molecule has 0 spiro atoms. The number of esters is 1. The van der Waals surface area contributed by atoms with Crippen molar-refractivity contribution in [3.05, 3.63) is 144 Å². The minimum Gasteiger partial charge on any atom is -0.459 e. The molecule has 3 heterocycles. The molecule has 13 heteroatoms. The highest BCUT2D eigenvalue weighted by Gasteiger charge is 2.48. The molecule has 1 aromatic heterocycles. The first-order valence-electron chi connectivity index (χ1n) is 19.4. The number of benzene rings is 4. The molecular weight excluding hydrogens is 737 g/mol. The number of nitrogens with zero attached hydrogens (tertiary/aromatic N) is 4. The molecule has 0 radical (unpaired) electrons. The molecule has 13 nitrogen and oxygen atoms in total. The fourth-order valence-corrected chi connectivity index (χ4v) is 7.43. The van der Waals surface area contributed by atoms with Gasteiger partial charge in [0, 0.05) is 44.1 Å². The van der Waals surface area contributed by atoms with Gasteiger partial charge in [0.2, 0.25) is 11.8 Å². The highest BCUT2D eigenvalue weighted by molar-refractivity contribution is 5.92. The highest BCUT2D eigenvalue weighted by Crippen LogP contribution is 2.30. The molecule has 298 valence electrons. The topological polar surface area (TPSA) is 150 Å². The van der Waals surface area contributed by atoms with Crippen LogP contribution in [-0.4, -0.2) is 80.9 Å². The van der Waals surface area contributed by atoms with Crippen molar-refractivity contribution in [3.8, 4) is 5.75 Å². The van der Waals surface area contributed by atoms with E-state index in [1.54, 1.807) is 59.0 Å². The zero-order valence-electron chi connectivity index (χ0n) is 32.5. The van der Waals surface area contributed by atoms with Gasteiger partial charge in [0.1, 0.15) is 30.6 Å². The first-order valence-corrected chi connectivity index (χ1v) is 19.4. The molecule has 2 aliphatic rings. The Hall–Kier alpha value is -6.76. The summed E-state index contributed by atoms with van der Waals surface area (Å²) >= 11 is 0. The molecule has 4 aromatic carbocycles. The van der Waals surface area contributed by atoms with Gasteiger partial charge in [-0.1, -0.05) is 111 Å². The second-order valence-electron chi connectivity index (χ2n) is 14.8. The Kier molecular flexibility index (Phi) is 12.3. The molecule has 2 unspecified atom stereocenters. The van der Waals surface area contributed by atoms with Crippen molar-refractivity contribution in [1.82, 2.24) is 30.3 Å². The molecule has 2 saturated heterocycles. The number of carbonyl (C=O) groups excluding carboxylic acids is 5. The van der Waals surface area contributed by atoms with Crippen molar-refractivity contribution in [2.24, 2.45) is 5.92 Å². The molecule has 3 atom stereocenters. The summed E-state index contributed by atoms with van der Waals surface area (Å²) in [5.41, 5.74) is 4.10. The van der Waals surface area contributed by atoms with Gasteiger partial charge in [0.25, 0.3) is 0 Å². The fourth-order valence-electron chi connectivity index (χ4n) is 7.43. The van der Waals surface area contributed by atoms with Gasteiger partial charge >= 0.3 is 18.1 Å². The zero-order chi connectivity index (χ0) is 40.6. The number of urea groups is 1. The number of hydrogen-bond donors (Lipinski definition) is 2. The molecule has 2 fully saturated rings. The smallest absolute Gasteiger partial charge is 0.413 e. The third-order valence-corrected chi connectivity index (χ3v) is 10.5. The predicted octanol–water partition coefficient (Wildman–Crippen LogP) is 5.81. The Labute approximate surface area is 336 Å². The Bertz CT molecular complexity index is 2250. The monoisotopic (exact) mass is 782 g/mol. The first kappa shape index (κ1) is 39.5. The Morgan fingerprint density at radius 3 is 2.26 bits per heavy atom. The molecule has 5 amide bonds. The minimum absolute atomic E-state index is 0.0747. The SMILES string of the molecule is CC(C)C(NC(=O)Oc1ccc(C[C@H]2C(=O)N(Cc3cccc4cccnc34)CC3N(C(=O)NCc4ccccc4)CCC(=O)N32)cc1)C(=O)OCc1ccccc1. The first-order chi connectivity index (χ1) is 28.1. The standard InChI is InChI=1S/C45H46N6O7/c1-30(2)40(43(54)57-29-33-13-7-4-8-14-33)48-45(56)58-36-20-18-31(19-21-36)25-37-42(53)49(27-35-16-9-15-34-17-10-23-46-41(34)35)28-38-50(24-22-39(52)51(37)38)44(55)47-26-32-11-5-3-6-12-32/h3-21,23,30,37-38,40H,22,24-29H2,1-2H3,(H,47,55)(H,48,56)/t37-,38?,40?/m0/s1. The van der Waals surface area contributed by atoms with Crippen molar-refractivity contribution in [1.29, 1.82) is 0 Å². The number of rotatable bonds is 12. The molecule has 2 N–H and O–H groups in total. The van der Waals surface area contributed by atoms with E-state index in [1.165, 1.54) is 0 Å². The molecule has 7 rings (SSSR count). The summed E-state index contributed by atoms with van der Waals surface area (Å²) in [4.78, 5) is 77.3. The van der Waals surface area contributed by atoms with Crippen molar-refractivity contribution < 1.29 is 33.4 Å². The van der Waals surface area contributed by atoms with E-state index in [1.807, 2.05) is 91.0 Å². The summed E-state index contributed by atoms with van der Waals surface area (Å²) in [6, 6.07) is 33.0. The van der Waals surface area contributed by atoms with Crippen LogP contribution >= 0.6 is 0 Å². The van der Waals surface area contributed by atoms with Gasteiger partial charge in [-0.2, -0.15) is 0 Å². The maximum Gasteiger partial charge on any atom is 0.413 e. The number of aromatic nitrogens is 1. The lowest BCUT2D eigenvalue weighted by atomic mass is 9.97. The number of nitrogens with one attached hydrogen (secondary N) is 2.